The quantitative estimate of drug-likeness (QED) is 0.0376. The molecule has 7 atom stereocenters. The van der Waals surface area contributed by atoms with Crippen LogP contribution in [0.3, 0.4) is 0 Å². The zero-order valence-electron chi connectivity index (χ0n) is 31.7. The van der Waals surface area contributed by atoms with E-state index in [-0.39, 0.29) is 12.5 Å². The van der Waals surface area contributed by atoms with Crippen LogP contribution < -0.4 is 5.32 Å². The van der Waals surface area contributed by atoms with E-state index in [1.165, 1.54) is 116 Å². The van der Waals surface area contributed by atoms with E-state index in [2.05, 4.69) is 19.2 Å². The average molecular weight is 702 g/mol. The minimum atomic E-state index is -1.54. The van der Waals surface area contributed by atoms with Crippen molar-refractivity contribution in [1.29, 1.82) is 0 Å². The molecule has 1 fully saturated rings. The molecule has 7 unspecified atom stereocenters. The number of hydrogen-bond donors (Lipinski definition) is 6. The van der Waals surface area contributed by atoms with E-state index in [9.17, 15) is 30.3 Å². The van der Waals surface area contributed by atoms with E-state index in [0.29, 0.717) is 12.8 Å². The number of unbranched alkanes of at least 4 members (excludes halogenated alkanes) is 24. The van der Waals surface area contributed by atoms with Crippen molar-refractivity contribution in [1.82, 2.24) is 5.32 Å². The van der Waals surface area contributed by atoms with Gasteiger partial charge < -0.3 is 40.3 Å². The Morgan fingerprint density at radius 3 is 1.45 bits per heavy atom. The third-order valence-electron chi connectivity index (χ3n) is 10.2. The highest BCUT2D eigenvalue weighted by Gasteiger charge is 2.44. The zero-order valence-corrected chi connectivity index (χ0v) is 31.7. The van der Waals surface area contributed by atoms with Crippen LogP contribution in [0.2, 0.25) is 0 Å². The number of hydrogen-bond acceptors (Lipinski definition) is 8. The first-order chi connectivity index (χ1) is 23.8. The highest BCUT2D eigenvalue weighted by atomic mass is 16.7. The molecule has 0 aliphatic carbocycles. The predicted molar refractivity (Wildman–Crippen MR) is 198 cm³/mol. The molecule has 0 aromatic carbocycles. The van der Waals surface area contributed by atoms with Crippen molar-refractivity contribution in [2.24, 2.45) is 0 Å². The molecule has 0 radical (unpaired) electrons. The van der Waals surface area contributed by atoms with Gasteiger partial charge in [0, 0.05) is 6.42 Å². The van der Waals surface area contributed by atoms with Crippen molar-refractivity contribution in [3.63, 3.8) is 0 Å². The molecule has 1 saturated heterocycles. The van der Waals surface area contributed by atoms with Gasteiger partial charge in [-0.25, -0.2) is 0 Å². The Morgan fingerprint density at radius 2 is 1.02 bits per heavy atom. The first-order valence-corrected chi connectivity index (χ1v) is 20.7. The molecule has 9 nitrogen and oxygen atoms in total. The molecule has 0 saturated carbocycles. The molecule has 0 aromatic rings. The molecule has 1 rings (SSSR count). The smallest absolute Gasteiger partial charge is 0.220 e. The van der Waals surface area contributed by atoms with Crippen molar-refractivity contribution >= 4 is 5.91 Å². The van der Waals surface area contributed by atoms with Crippen LogP contribution in [-0.4, -0.2) is 87.5 Å². The minimum absolute atomic E-state index is 0.135. The topological polar surface area (TPSA) is 149 Å². The van der Waals surface area contributed by atoms with Crippen LogP contribution in [0, 0.1) is 0 Å². The number of carbonyl (C=O) groups excluding carboxylic acids is 1. The second kappa shape index (κ2) is 31.9. The fraction of sp³-hybridized carbons (Fsp3) is 0.975. The standard InChI is InChI=1S/C40H79NO8/c1-3-5-7-9-10-11-12-13-14-15-16-17-18-19-20-21-22-23-24-26-28-30-36(44)41-33(34(43)29-27-25-8-6-4-2)32-48-40-39(47)38(46)37(45)35(31-42)49-40/h33-35,37-40,42-43,45-47H,3-32H2,1-2H3,(H,41,44). The van der Waals surface area contributed by atoms with E-state index < -0.39 is 49.5 Å². The Labute approximate surface area is 300 Å². The number of aliphatic hydroxyl groups is 5. The van der Waals surface area contributed by atoms with Gasteiger partial charge in [0.05, 0.1) is 25.4 Å². The van der Waals surface area contributed by atoms with Gasteiger partial charge in [-0.1, -0.05) is 174 Å². The van der Waals surface area contributed by atoms with E-state index in [0.717, 1.165) is 51.4 Å². The Hall–Kier alpha value is -0.810. The molecule has 0 aromatic heterocycles. The summed E-state index contributed by atoms with van der Waals surface area (Å²) in [5.74, 6) is -0.148. The lowest BCUT2D eigenvalue weighted by molar-refractivity contribution is -0.302. The molecule has 9 heteroatoms. The Morgan fingerprint density at radius 1 is 0.612 bits per heavy atom. The van der Waals surface area contributed by atoms with Crippen LogP contribution in [0.25, 0.3) is 0 Å². The largest absolute Gasteiger partial charge is 0.394 e. The van der Waals surface area contributed by atoms with E-state index in [1.54, 1.807) is 0 Å². The Kier molecular flexibility index (Phi) is 30.1. The summed E-state index contributed by atoms with van der Waals surface area (Å²) >= 11 is 0. The van der Waals surface area contributed by atoms with Gasteiger partial charge in [0.1, 0.15) is 24.4 Å². The number of rotatable bonds is 34. The zero-order chi connectivity index (χ0) is 36.0. The Balaban J connectivity index is 2.17. The van der Waals surface area contributed by atoms with Gasteiger partial charge >= 0.3 is 0 Å². The molecule has 1 heterocycles. The first kappa shape index (κ1) is 46.2. The maximum Gasteiger partial charge on any atom is 0.220 e. The SMILES string of the molecule is CCCCCCCCCCCCCCCCCCCCCCCC(=O)NC(COC1OC(CO)C(O)C(O)C1O)C(O)CCCCCCC. The summed E-state index contributed by atoms with van der Waals surface area (Å²) in [5.41, 5.74) is 0. The molecule has 1 aliphatic heterocycles. The molecule has 49 heavy (non-hydrogen) atoms. The third kappa shape index (κ3) is 23.4. The summed E-state index contributed by atoms with van der Waals surface area (Å²) in [6.45, 7) is 3.74. The van der Waals surface area contributed by atoms with E-state index in [4.69, 9.17) is 9.47 Å². The normalized spacial score (nSPS) is 22.3. The van der Waals surface area contributed by atoms with Gasteiger partial charge in [-0.2, -0.15) is 0 Å². The summed E-state index contributed by atoms with van der Waals surface area (Å²) in [7, 11) is 0. The van der Waals surface area contributed by atoms with Crippen molar-refractivity contribution in [3.8, 4) is 0 Å². The molecular weight excluding hydrogens is 622 g/mol. The van der Waals surface area contributed by atoms with Crippen LogP contribution >= 0.6 is 0 Å². The molecular formula is C40H79NO8. The second-order valence-electron chi connectivity index (χ2n) is 14.8. The number of aliphatic hydroxyl groups excluding tert-OH is 5. The molecule has 0 spiro atoms. The van der Waals surface area contributed by atoms with Gasteiger partial charge in [0.2, 0.25) is 5.91 Å². The highest BCUT2D eigenvalue weighted by molar-refractivity contribution is 5.76. The third-order valence-corrected chi connectivity index (χ3v) is 10.2. The fourth-order valence-electron chi connectivity index (χ4n) is 6.81. The fourth-order valence-corrected chi connectivity index (χ4v) is 6.81. The van der Waals surface area contributed by atoms with Crippen LogP contribution in [0.15, 0.2) is 0 Å². The van der Waals surface area contributed by atoms with Crippen LogP contribution in [0.4, 0.5) is 0 Å². The first-order valence-electron chi connectivity index (χ1n) is 20.7. The minimum Gasteiger partial charge on any atom is -0.394 e. The average Bonchev–Trinajstić information content (AvgIpc) is 3.10. The van der Waals surface area contributed by atoms with Crippen LogP contribution in [-0.2, 0) is 14.3 Å². The predicted octanol–water partition coefficient (Wildman–Crippen LogP) is 7.61. The number of nitrogens with one attached hydrogen (secondary N) is 1. The summed E-state index contributed by atoms with van der Waals surface area (Å²) in [6.07, 6.45) is 25.9. The molecule has 0 bridgehead atoms. The van der Waals surface area contributed by atoms with Crippen molar-refractivity contribution < 1.29 is 39.8 Å². The van der Waals surface area contributed by atoms with Crippen molar-refractivity contribution in [2.45, 2.75) is 236 Å². The highest BCUT2D eigenvalue weighted by Crippen LogP contribution is 2.23. The monoisotopic (exact) mass is 702 g/mol. The number of ether oxygens (including phenoxy) is 2. The number of carbonyl (C=O) groups is 1. The van der Waals surface area contributed by atoms with Gasteiger partial charge in [0.15, 0.2) is 6.29 Å². The second-order valence-corrected chi connectivity index (χ2v) is 14.8. The van der Waals surface area contributed by atoms with E-state index in [1.807, 2.05) is 0 Å². The molecule has 292 valence electrons. The molecule has 1 amide bonds. The van der Waals surface area contributed by atoms with Crippen LogP contribution in [0.5, 0.6) is 0 Å². The molecule has 6 N–H and O–H groups in total. The lowest BCUT2D eigenvalue weighted by atomic mass is 9.99. The van der Waals surface area contributed by atoms with Crippen molar-refractivity contribution in [2.75, 3.05) is 13.2 Å². The number of amides is 1. The van der Waals surface area contributed by atoms with Gasteiger partial charge in [-0.3, -0.25) is 4.79 Å². The van der Waals surface area contributed by atoms with E-state index >= 15 is 0 Å². The summed E-state index contributed by atoms with van der Waals surface area (Å²) < 4.78 is 11.1. The lowest BCUT2D eigenvalue weighted by Gasteiger charge is -2.40. The Bertz CT molecular complexity index is 741. The van der Waals surface area contributed by atoms with Crippen LogP contribution in [0.1, 0.15) is 194 Å². The molecule has 1 aliphatic rings. The van der Waals surface area contributed by atoms with Crippen molar-refractivity contribution in [3.05, 3.63) is 0 Å². The summed E-state index contributed by atoms with van der Waals surface area (Å²) in [6, 6.07) is -0.707. The van der Waals surface area contributed by atoms with Gasteiger partial charge in [-0.05, 0) is 12.8 Å². The maximum absolute atomic E-state index is 12.8. The summed E-state index contributed by atoms with van der Waals surface area (Å²) in [4.78, 5) is 12.8. The van der Waals surface area contributed by atoms with Gasteiger partial charge in [-0.15, -0.1) is 0 Å². The lowest BCUT2D eigenvalue weighted by Crippen LogP contribution is -2.60. The maximum atomic E-state index is 12.8. The van der Waals surface area contributed by atoms with Gasteiger partial charge in [0.25, 0.3) is 0 Å². The summed E-state index contributed by atoms with van der Waals surface area (Å²) in [5, 5.41) is 53.7.